The molecule has 1 heterocycles. The number of aromatic hydroxyl groups is 1. The first-order chi connectivity index (χ1) is 21.0. The summed E-state index contributed by atoms with van der Waals surface area (Å²) in [4.78, 5) is 50.5. The van der Waals surface area contributed by atoms with Crippen LogP contribution >= 0.6 is 0 Å². The molecule has 3 aliphatic carbocycles. The summed E-state index contributed by atoms with van der Waals surface area (Å²) in [6.07, 6.45) is -0.218. The van der Waals surface area contributed by atoms with Crippen LogP contribution in [-0.4, -0.2) is 128 Å². The molecule has 0 spiro atoms. The van der Waals surface area contributed by atoms with E-state index in [2.05, 4.69) is 10.3 Å². The number of rotatable bonds is 4. The molecular formula is C30H39N7O8. The molecule has 1 aliphatic heterocycles. The molecule has 9 N–H and O–H groups in total. The zero-order chi connectivity index (χ0) is 33.2. The number of carbonyl (C=O) groups excluding carboxylic acids is 3. The molecule has 5 rings (SSSR count). The summed E-state index contributed by atoms with van der Waals surface area (Å²) >= 11 is 0. The van der Waals surface area contributed by atoms with Crippen molar-refractivity contribution < 1.29 is 39.9 Å². The third-order valence-electron chi connectivity index (χ3n) is 9.42. The molecule has 1 aromatic rings. The van der Waals surface area contributed by atoms with E-state index in [-0.39, 0.29) is 36.0 Å². The maximum absolute atomic E-state index is 14.2. The van der Waals surface area contributed by atoms with E-state index in [1.54, 1.807) is 11.8 Å². The lowest BCUT2D eigenvalue weighted by Gasteiger charge is -2.53. The molecule has 0 bridgehead atoms. The van der Waals surface area contributed by atoms with E-state index in [0.29, 0.717) is 26.2 Å². The molecule has 1 aromatic carbocycles. The fourth-order valence-electron chi connectivity index (χ4n) is 7.11. The Hall–Kier alpha value is -4.31. The number of nitrogens with zero attached hydrogens (tertiary/aromatic N) is 4. The third kappa shape index (κ3) is 4.95. The molecule has 2 fully saturated rings. The van der Waals surface area contributed by atoms with Crippen LogP contribution in [0.15, 0.2) is 40.1 Å². The number of benzene rings is 1. The van der Waals surface area contributed by atoms with E-state index in [1.165, 1.54) is 44.1 Å². The summed E-state index contributed by atoms with van der Waals surface area (Å²) in [5.74, 6) is -7.29. The number of fused-ring (bicyclic) bond motifs is 3. The number of ketones is 2. The largest absolute Gasteiger partial charge is 0.508 e. The molecule has 5 unspecified atom stereocenters. The van der Waals surface area contributed by atoms with Crippen molar-refractivity contribution >= 4 is 35.0 Å². The summed E-state index contributed by atoms with van der Waals surface area (Å²) in [6, 6.07) is 3.01. The molecule has 1 saturated heterocycles. The van der Waals surface area contributed by atoms with E-state index in [9.17, 15) is 39.9 Å². The number of Topliss-reactive ketones (excluding diaryl/α,β-unsaturated/α-hetero) is 2. The van der Waals surface area contributed by atoms with Crippen molar-refractivity contribution in [3.05, 3.63) is 46.2 Å². The minimum absolute atomic E-state index is 0.0257. The third-order valence-corrected chi connectivity index (χ3v) is 9.42. The monoisotopic (exact) mass is 625 g/mol. The predicted octanol–water partition coefficient (Wildman–Crippen LogP) is -0.853. The molecule has 4 aliphatic rings. The van der Waals surface area contributed by atoms with Crippen LogP contribution in [0.2, 0.25) is 0 Å². The normalized spacial score (nSPS) is 30.7. The second-order valence-electron chi connectivity index (χ2n) is 12.4. The molecular weight excluding hydrogens is 586 g/mol. The predicted molar refractivity (Wildman–Crippen MR) is 162 cm³/mol. The Morgan fingerprint density at radius 1 is 1.16 bits per heavy atom. The number of hydrogen-bond donors (Lipinski definition) is 8. The number of likely N-dealkylation sites (N-methyl/N-ethyl adjacent to an activating group) is 1. The second-order valence-corrected chi connectivity index (χ2v) is 12.4. The van der Waals surface area contributed by atoms with Gasteiger partial charge in [-0.15, -0.1) is 0 Å². The highest BCUT2D eigenvalue weighted by atomic mass is 16.3. The molecule has 0 radical (unpaired) electrons. The highest BCUT2D eigenvalue weighted by molar-refractivity contribution is 6.25. The minimum Gasteiger partial charge on any atom is -0.508 e. The van der Waals surface area contributed by atoms with E-state index in [1.807, 2.05) is 4.90 Å². The molecule has 45 heavy (non-hydrogen) atoms. The average Bonchev–Trinajstić information content (AvgIpc) is 2.96. The quantitative estimate of drug-likeness (QED) is 0.116. The van der Waals surface area contributed by atoms with E-state index >= 15 is 0 Å². The Kier molecular flexibility index (Phi) is 8.02. The Labute approximate surface area is 259 Å². The first-order valence-corrected chi connectivity index (χ1v) is 14.6. The molecule has 15 nitrogen and oxygen atoms in total. The van der Waals surface area contributed by atoms with Gasteiger partial charge in [-0.3, -0.25) is 29.6 Å². The number of aliphatic imine (C=N–C) groups is 1. The number of phenolic OH excluding ortho intramolecular Hbond substituents is 1. The summed E-state index contributed by atoms with van der Waals surface area (Å²) in [6.45, 7) is 4.71. The van der Waals surface area contributed by atoms with E-state index in [4.69, 9.17) is 11.1 Å². The van der Waals surface area contributed by atoms with Crippen LogP contribution in [0.25, 0.3) is 5.76 Å². The lowest BCUT2D eigenvalue weighted by atomic mass is 9.54. The lowest BCUT2D eigenvalue weighted by Crippen LogP contribution is -2.67. The maximum Gasteiger partial charge on any atom is 0.259 e. The van der Waals surface area contributed by atoms with Gasteiger partial charge in [0.1, 0.15) is 22.8 Å². The summed E-state index contributed by atoms with van der Waals surface area (Å²) in [5.41, 5.74) is -0.245. The van der Waals surface area contributed by atoms with E-state index < -0.39 is 75.0 Å². The number of aliphatic hydroxyl groups is 4. The van der Waals surface area contributed by atoms with Crippen molar-refractivity contribution in [3.63, 3.8) is 0 Å². The van der Waals surface area contributed by atoms with Crippen molar-refractivity contribution in [1.29, 1.82) is 5.41 Å². The number of aliphatic hydroxyl groups excluding tert-OH is 2. The number of carbonyl (C=O) groups is 3. The van der Waals surface area contributed by atoms with Gasteiger partial charge in [-0.1, -0.05) is 12.1 Å². The fourth-order valence-corrected chi connectivity index (χ4v) is 7.11. The highest BCUT2D eigenvalue weighted by Crippen LogP contribution is 2.57. The van der Waals surface area contributed by atoms with Crippen LogP contribution in [0.3, 0.4) is 0 Å². The number of nitrogens with one attached hydrogen (secondary N) is 2. The molecule has 0 aromatic heterocycles. The van der Waals surface area contributed by atoms with Gasteiger partial charge in [-0.05, 0) is 46.0 Å². The number of phenols is 1. The van der Waals surface area contributed by atoms with Gasteiger partial charge in [0.05, 0.1) is 29.7 Å². The van der Waals surface area contributed by atoms with Gasteiger partial charge in [0.15, 0.2) is 11.4 Å². The standard InChI is InChI=1S/C30H39N7O8/c1-14(31)34-28(32)37-10-8-36(9-11-37)13-33-27(43)21-24(40)22(35(3)4)17-12-16-20(25(41)30(17,45)26(21)42)23(39)19-15(29(16,2)44)6-5-7-18(19)38/h5-7,16-17,22,38-39,42,44-45H,8-13H2,1-4H3,(H,33,43)(H3,31,32,34). The van der Waals surface area contributed by atoms with Gasteiger partial charge >= 0.3 is 0 Å². The Balaban J connectivity index is 1.47. The van der Waals surface area contributed by atoms with Crippen molar-refractivity contribution in [2.75, 3.05) is 46.9 Å². The number of nitrogens with two attached hydrogens (primary N) is 1. The van der Waals surface area contributed by atoms with Crippen molar-refractivity contribution in [3.8, 4) is 5.75 Å². The van der Waals surface area contributed by atoms with Crippen molar-refractivity contribution in [1.82, 2.24) is 20.0 Å². The molecule has 15 heteroatoms. The van der Waals surface area contributed by atoms with Crippen molar-refractivity contribution in [2.24, 2.45) is 22.6 Å². The Morgan fingerprint density at radius 2 is 1.80 bits per heavy atom. The number of hydrogen-bond acceptors (Lipinski definition) is 11. The number of amides is 1. The zero-order valence-corrected chi connectivity index (χ0v) is 25.5. The average molecular weight is 626 g/mol. The first kappa shape index (κ1) is 32.1. The summed E-state index contributed by atoms with van der Waals surface area (Å²) in [7, 11) is 3.07. The molecule has 5 atom stereocenters. The topological polar surface area (TPSA) is 236 Å². The van der Waals surface area contributed by atoms with Gasteiger partial charge in [0.25, 0.3) is 5.91 Å². The highest BCUT2D eigenvalue weighted by Gasteiger charge is 2.66. The van der Waals surface area contributed by atoms with Crippen LogP contribution in [0.1, 0.15) is 31.4 Å². The first-order valence-electron chi connectivity index (χ1n) is 14.6. The number of amidine groups is 1. The van der Waals surface area contributed by atoms with Gasteiger partial charge in [0, 0.05) is 43.6 Å². The van der Waals surface area contributed by atoms with E-state index in [0.717, 1.165) is 0 Å². The van der Waals surface area contributed by atoms with Crippen LogP contribution < -0.4 is 11.1 Å². The van der Waals surface area contributed by atoms with Gasteiger partial charge in [0.2, 0.25) is 11.7 Å². The fraction of sp³-hybridized carbons (Fsp3) is 0.500. The van der Waals surface area contributed by atoms with Crippen molar-refractivity contribution in [2.45, 2.75) is 37.5 Å². The summed E-state index contributed by atoms with van der Waals surface area (Å²) in [5, 5.41) is 67.5. The van der Waals surface area contributed by atoms with Crippen LogP contribution in [0.4, 0.5) is 0 Å². The van der Waals surface area contributed by atoms with Gasteiger partial charge in [-0.25, -0.2) is 4.99 Å². The molecule has 242 valence electrons. The van der Waals surface area contributed by atoms with Crippen LogP contribution in [0, 0.1) is 17.2 Å². The Morgan fingerprint density at radius 3 is 2.40 bits per heavy atom. The zero-order valence-electron chi connectivity index (χ0n) is 25.5. The second kappa shape index (κ2) is 11.2. The lowest BCUT2D eigenvalue weighted by molar-refractivity contribution is -0.159. The summed E-state index contributed by atoms with van der Waals surface area (Å²) < 4.78 is 0. The SMILES string of the molecule is C/C(N)=N/C(=N)N1CCN(CNC(=O)C2=C(O)C3(O)C(=O)C4=C(O)c5c(O)cccc5C(C)(O)C4CC3C(N(C)C)C2=O)CC1. The number of guanidine groups is 1. The smallest absolute Gasteiger partial charge is 0.259 e. The number of piperazine rings is 1. The minimum atomic E-state index is -2.79. The molecule has 1 amide bonds. The Bertz CT molecular complexity index is 1570. The van der Waals surface area contributed by atoms with Crippen LogP contribution in [-0.2, 0) is 20.0 Å². The molecule has 1 saturated carbocycles. The van der Waals surface area contributed by atoms with Gasteiger partial charge < -0.3 is 41.5 Å². The van der Waals surface area contributed by atoms with Crippen LogP contribution in [0.5, 0.6) is 5.75 Å². The maximum atomic E-state index is 14.2. The van der Waals surface area contributed by atoms with Gasteiger partial charge in [-0.2, -0.15) is 0 Å².